The Bertz CT molecular complexity index is 1670. The minimum absolute atomic E-state index is 0.0981. The van der Waals surface area contributed by atoms with E-state index in [2.05, 4.69) is 14.6 Å². The number of imidazole rings is 1. The van der Waals surface area contributed by atoms with E-state index < -0.39 is 27.8 Å². The summed E-state index contributed by atoms with van der Waals surface area (Å²) in [5.74, 6) is -0.220. The molecular formula is C26H25ClFN5O5S2. The number of anilines is 1. The molecule has 1 amide bonds. The van der Waals surface area contributed by atoms with Gasteiger partial charge in [-0.05, 0) is 61.6 Å². The van der Waals surface area contributed by atoms with Crippen LogP contribution in [0.3, 0.4) is 0 Å². The minimum atomic E-state index is -3.95. The highest BCUT2D eigenvalue weighted by Crippen LogP contribution is 2.32. The second kappa shape index (κ2) is 11.6. The van der Waals surface area contributed by atoms with E-state index in [0.717, 1.165) is 40.3 Å². The number of thiophene rings is 1. The fraction of sp³-hybridized carbons (Fsp3) is 0.269. The highest BCUT2D eigenvalue weighted by molar-refractivity contribution is 7.91. The summed E-state index contributed by atoms with van der Waals surface area (Å²) < 4.78 is 46.4. The van der Waals surface area contributed by atoms with Crippen molar-refractivity contribution in [1.82, 2.24) is 19.2 Å². The first-order chi connectivity index (χ1) is 19.2. The fourth-order valence-corrected chi connectivity index (χ4v) is 7.59. The Labute approximate surface area is 238 Å². The highest BCUT2D eigenvalue weighted by Gasteiger charge is 2.37. The van der Waals surface area contributed by atoms with Gasteiger partial charge in [0.2, 0.25) is 5.91 Å². The van der Waals surface area contributed by atoms with Crippen LogP contribution >= 0.6 is 22.9 Å². The summed E-state index contributed by atoms with van der Waals surface area (Å²) in [6.07, 6.45) is 4.88. The monoisotopic (exact) mass is 605 g/mol. The molecule has 10 nitrogen and oxygen atoms in total. The van der Waals surface area contributed by atoms with Crippen molar-refractivity contribution in [1.29, 1.82) is 0 Å². The predicted molar refractivity (Wildman–Crippen MR) is 150 cm³/mol. The number of aromatic nitrogens is 2. The molecule has 2 aromatic carbocycles. The molecule has 210 valence electrons. The number of halogens is 2. The minimum Gasteiger partial charge on any atom is -0.483 e. The van der Waals surface area contributed by atoms with Crippen molar-refractivity contribution in [3.63, 3.8) is 0 Å². The first-order valence-corrected chi connectivity index (χ1v) is 15.0. The lowest BCUT2D eigenvalue weighted by Gasteiger charge is -2.30. The van der Waals surface area contributed by atoms with Gasteiger partial charge < -0.3 is 14.6 Å². The van der Waals surface area contributed by atoms with Crippen LogP contribution < -0.4 is 9.62 Å². The maximum atomic E-state index is 15.2. The zero-order valence-electron chi connectivity index (χ0n) is 21.0. The van der Waals surface area contributed by atoms with E-state index in [1.807, 2.05) is 4.57 Å². The van der Waals surface area contributed by atoms with Gasteiger partial charge in [-0.2, -0.15) is 4.72 Å². The number of amides is 1. The summed E-state index contributed by atoms with van der Waals surface area (Å²) in [7, 11) is -3.95. The summed E-state index contributed by atoms with van der Waals surface area (Å²) in [6, 6.07) is 10.4. The van der Waals surface area contributed by atoms with E-state index in [9.17, 15) is 13.2 Å². The van der Waals surface area contributed by atoms with Crippen LogP contribution in [0.25, 0.3) is 15.8 Å². The van der Waals surface area contributed by atoms with Gasteiger partial charge in [0, 0.05) is 40.4 Å². The van der Waals surface area contributed by atoms with Crippen molar-refractivity contribution in [2.45, 2.75) is 29.6 Å². The third kappa shape index (κ3) is 5.74. The Kier molecular flexibility index (Phi) is 8.19. The molecule has 2 aliphatic rings. The maximum absolute atomic E-state index is 15.2. The fourth-order valence-electron chi connectivity index (χ4n) is 4.68. The van der Waals surface area contributed by atoms with Crippen molar-refractivity contribution in [2.24, 2.45) is 0 Å². The zero-order chi connectivity index (χ0) is 28.4. The summed E-state index contributed by atoms with van der Waals surface area (Å²) in [5.41, 5.74) is 0.736. The number of nitrogens with zero attached hydrogens (tertiary/aromatic N) is 4. The van der Waals surface area contributed by atoms with Crippen molar-refractivity contribution in [3.8, 4) is 5.69 Å². The van der Waals surface area contributed by atoms with Crippen LogP contribution in [0.4, 0.5) is 10.1 Å². The molecular weight excluding hydrogens is 581 g/mol. The molecule has 2 N–H and O–H groups in total. The Hall–Kier alpha value is -3.36. The van der Waals surface area contributed by atoms with Crippen molar-refractivity contribution in [3.05, 3.63) is 71.5 Å². The van der Waals surface area contributed by atoms with Gasteiger partial charge in [0.15, 0.2) is 0 Å². The number of sulfonamides is 1. The molecule has 14 heteroatoms. The van der Waals surface area contributed by atoms with E-state index in [0.29, 0.717) is 17.3 Å². The molecule has 0 radical (unpaired) electrons. The third-order valence-electron chi connectivity index (χ3n) is 6.76. The van der Waals surface area contributed by atoms with Crippen LogP contribution in [-0.4, -0.2) is 66.0 Å². The molecule has 6 rings (SSSR count). The zero-order valence-corrected chi connectivity index (χ0v) is 23.4. The van der Waals surface area contributed by atoms with E-state index >= 15 is 4.39 Å². The van der Waals surface area contributed by atoms with E-state index in [1.54, 1.807) is 48.8 Å². The Balaban J connectivity index is 0.00000103. The lowest BCUT2D eigenvalue weighted by atomic mass is 10.2. The smallest absolute Gasteiger partial charge is 0.290 e. The van der Waals surface area contributed by atoms with Gasteiger partial charge in [-0.25, -0.2) is 17.8 Å². The van der Waals surface area contributed by atoms with Crippen molar-refractivity contribution < 1.29 is 27.5 Å². The van der Waals surface area contributed by atoms with Gasteiger partial charge in [-0.1, -0.05) is 17.7 Å². The normalized spacial score (nSPS) is 17.5. The molecule has 2 aromatic heterocycles. The lowest BCUT2D eigenvalue weighted by molar-refractivity contribution is -0.123. The number of carbonyl (C=O) groups excluding carboxylic acids is 1. The van der Waals surface area contributed by atoms with Gasteiger partial charge in [0.1, 0.15) is 21.9 Å². The third-order valence-corrected chi connectivity index (χ3v) is 10.0. The molecule has 1 atom stereocenters. The largest absolute Gasteiger partial charge is 0.483 e. The quantitative estimate of drug-likeness (QED) is 0.306. The molecule has 0 unspecified atom stereocenters. The van der Waals surface area contributed by atoms with Crippen LogP contribution in [0.15, 0.2) is 59.1 Å². The average Bonchev–Trinajstić information content (AvgIpc) is 3.61. The number of hydrogen-bond acceptors (Lipinski definition) is 7. The van der Waals surface area contributed by atoms with E-state index in [4.69, 9.17) is 21.5 Å². The molecule has 0 aliphatic carbocycles. The number of fused-ring (bicyclic) bond motifs is 1. The second-order valence-corrected chi connectivity index (χ2v) is 12.7. The van der Waals surface area contributed by atoms with Crippen LogP contribution in [0.2, 0.25) is 5.02 Å². The maximum Gasteiger partial charge on any atom is 0.290 e. The molecule has 0 saturated carbocycles. The predicted octanol–water partition coefficient (Wildman–Crippen LogP) is 3.87. The number of hydrogen-bond donors (Lipinski definition) is 2. The topological polar surface area (TPSA) is 125 Å². The number of rotatable bonds is 7. The second-order valence-electron chi connectivity index (χ2n) is 9.28. The summed E-state index contributed by atoms with van der Waals surface area (Å²) >= 11 is 7.10. The molecule has 4 aromatic rings. The van der Waals surface area contributed by atoms with E-state index in [1.165, 1.54) is 17.4 Å². The van der Waals surface area contributed by atoms with Crippen LogP contribution in [0, 0.1) is 5.82 Å². The summed E-state index contributed by atoms with van der Waals surface area (Å²) in [5, 5.41) is 8.16. The van der Waals surface area contributed by atoms with Gasteiger partial charge >= 0.3 is 0 Å². The van der Waals surface area contributed by atoms with Gasteiger partial charge in [0.05, 0.1) is 12.2 Å². The summed E-state index contributed by atoms with van der Waals surface area (Å²) in [6.45, 7) is 2.70. The SMILES string of the molecule is O=C1[C@@H](NS(=O)(=O)c2cc3ccc(Cl)cc3s2)CCN1c1ccc(-n2ccnc2CN2CCC2)cc1F.O=CO. The number of carboxylic acid groups (broad SMARTS) is 1. The Morgan fingerprint density at radius 3 is 2.65 bits per heavy atom. The molecule has 0 bridgehead atoms. The Morgan fingerprint density at radius 1 is 1.18 bits per heavy atom. The average molecular weight is 606 g/mol. The molecule has 2 saturated heterocycles. The van der Waals surface area contributed by atoms with Crippen molar-refractivity contribution >= 4 is 61.1 Å². The molecule has 40 heavy (non-hydrogen) atoms. The molecule has 0 spiro atoms. The standard InChI is InChI=1S/C25H23ClFN5O3S2.CH2O2/c26-17-3-2-16-12-24(36-22(16)13-17)37(34,35)29-20-6-10-32(25(20)33)21-5-4-18(14-19(21)27)31-11-7-28-23(31)15-30-8-1-9-30;2-1-3/h2-5,7,11-14,20,29H,1,6,8-10,15H2;1H,(H,2,3)/t20-;/m0./s1. The molecule has 2 fully saturated rings. The first-order valence-electron chi connectivity index (χ1n) is 12.4. The van der Waals surface area contributed by atoms with Crippen molar-refractivity contribution in [2.75, 3.05) is 24.5 Å². The van der Waals surface area contributed by atoms with Crippen LogP contribution in [-0.2, 0) is 26.2 Å². The highest BCUT2D eigenvalue weighted by atomic mass is 35.5. The molecule has 2 aliphatic heterocycles. The van der Waals surface area contributed by atoms with Crippen LogP contribution in [0.1, 0.15) is 18.7 Å². The number of likely N-dealkylation sites (tertiary alicyclic amines) is 1. The first kappa shape index (κ1) is 28.2. The van der Waals surface area contributed by atoms with E-state index in [-0.39, 0.29) is 29.3 Å². The lowest BCUT2D eigenvalue weighted by Crippen LogP contribution is -2.41. The number of nitrogens with one attached hydrogen (secondary N) is 1. The Morgan fingerprint density at radius 2 is 1.95 bits per heavy atom. The van der Waals surface area contributed by atoms with Crippen LogP contribution in [0.5, 0.6) is 0 Å². The van der Waals surface area contributed by atoms with Gasteiger partial charge in [-0.15, -0.1) is 11.3 Å². The summed E-state index contributed by atoms with van der Waals surface area (Å²) in [4.78, 5) is 29.4. The van der Waals surface area contributed by atoms with Gasteiger partial charge in [0.25, 0.3) is 16.5 Å². The van der Waals surface area contributed by atoms with Gasteiger partial charge in [-0.3, -0.25) is 14.5 Å². The molecule has 4 heterocycles. The number of benzene rings is 2. The number of carbonyl (C=O) groups is 2.